The molecule has 2 aromatic rings. The van der Waals surface area contributed by atoms with Gasteiger partial charge in [-0.25, -0.2) is 18.7 Å². The van der Waals surface area contributed by atoms with Gasteiger partial charge in [0.25, 0.3) is 0 Å². The second-order valence-electron chi connectivity index (χ2n) is 4.46. The maximum atomic E-state index is 13.7. The van der Waals surface area contributed by atoms with Crippen molar-refractivity contribution in [2.45, 2.75) is 36.6 Å². The Balaban J connectivity index is 2.33. The normalized spacial score (nSPS) is 10.7. The van der Waals surface area contributed by atoms with Crippen LogP contribution in [-0.4, -0.2) is 16.5 Å². The van der Waals surface area contributed by atoms with E-state index in [2.05, 4.69) is 22.2 Å². The van der Waals surface area contributed by atoms with E-state index in [0.29, 0.717) is 11.4 Å². The zero-order valence-electron chi connectivity index (χ0n) is 12.0. The number of benzene rings is 1. The molecule has 0 spiro atoms. The van der Waals surface area contributed by atoms with E-state index in [1.807, 2.05) is 6.92 Å². The predicted molar refractivity (Wildman–Crippen MR) is 80.7 cm³/mol. The lowest BCUT2D eigenvalue weighted by Gasteiger charge is -2.12. The molecule has 0 radical (unpaired) electrons. The zero-order chi connectivity index (χ0) is 15.2. The molecule has 21 heavy (non-hydrogen) atoms. The molecule has 2 rings (SSSR count). The van der Waals surface area contributed by atoms with Gasteiger partial charge in [-0.1, -0.05) is 25.6 Å². The average molecular weight is 309 g/mol. The second-order valence-corrected chi connectivity index (χ2v) is 5.49. The highest BCUT2D eigenvalue weighted by Gasteiger charge is 2.13. The first kappa shape index (κ1) is 15.7. The number of halogens is 2. The topological polar surface area (TPSA) is 37.8 Å². The summed E-state index contributed by atoms with van der Waals surface area (Å²) in [5.41, 5.74) is 0.916. The van der Waals surface area contributed by atoms with E-state index in [9.17, 15) is 8.78 Å². The van der Waals surface area contributed by atoms with Crippen LogP contribution in [0.25, 0.3) is 0 Å². The van der Waals surface area contributed by atoms with Crippen molar-refractivity contribution in [3.63, 3.8) is 0 Å². The highest BCUT2D eigenvalue weighted by Crippen LogP contribution is 2.33. The molecule has 6 heteroatoms. The number of hydrogen-bond donors (Lipinski definition) is 1. The summed E-state index contributed by atoms with van der Waals surface area (Å²) in [5.74, 6) is -0.158. The van der Waals surface area contributed by atoms with E-state index in [1.54, 1.807) is 0 Å². The molecule has 0 bridgehead atoms. The van der Waals surface area contributed by atoms with E-state index in [-0.39, 0.29) is 4.90 Å². The first-order valence-corrected chi connectivity index (χ1v) is 7.68. The van der Waals surface area contributed by atoms with Gasteiger partial charge in [0.05, 0.1) is 4.90 Å². The fourth-order valence-electron chi connectivity index (χ4n) is 1.86. The monoisotopic (exact) mass is 309 g/mol. The van der Waals surface area contributed by atoms with Crippen molar-refractivity contribution >= 4 is 17.6 Å². The van der Waals surface area contributed by atoms with Gasteiger partial charge in [-0.15, -0.1) is 0 Å². The van der Waals surface area contributed by atoms with Crippen LogP contribution < -0.4 is 5.32 Å². The summed E-state index contributed by atoms with van der Waals surface area (Å²) in [4.78, 5) is 8.66. The Morgan fingerprint density at radius 1 is 1.19 bits per heavy atom. The van der Waals surface area contributed by atoms with Gasteiger partial charge in [-0.3, -0.25) is 0 Å². The molecule has 0 aliphatic heterocycles. The van der Waals surface area contributed by atoms with Gasteiger partial charge in [0.15, 0.2) is 0 Å². The average Bonchev–Trinajstić information content (AvgIpc) is 2.49. The summed E-state index contributed by atoms with van der Waals surface area (Å²) in [7, 11) is 0. The Bertz CT molecular complexity index is 620. The minimum absolute atomic E-state index is 0.227. The highest BCUT2D eigenvalue weighted by molar-refractivity contribution is 7.99. The summed E-state index contributed by atoms with van der Waals surface area (Å²) in [5, 5.41) is 3.88. The molecule has 0 aliphatic carbocycles. The Kier molecular flexibility index (Phi) is 5.50. The van der Waals surface area contributed by atoms with Crippen LogP contribution in [0.3, 0.4) is 0 Å². The van der Waals surface area contributed by atoms with Crippen molar-refractivity contribution in [1.29, 1.82) is 0 Å². The zero-order valence-corrected chi connectivity index (χ0v) is 12.8. The number of hydrogen-bond acceptors (Lipinski definition) is 4. The lowest BCUT2D eigenvalue weighted by molar-refractivity contribution is 0.577. The molecule has 0 saturated heterocycles. The fourth-order valence-corrected chi connectivity index (χ4v) is 2.87. The van der Waals surface area contributed by atoms with Crippen molar-refractivity contribution in [2.75, 3.05) is 11.9 Å². The number of anilines is 1. The Labute approximate surface area is 127 Å². The lowest BCUT2D eigenvalue weighted by atomic mass is 10.2. The van der Waals surface area contributed by atoms with Crippen molar-refractivity contribution in [1.82, 2.24) is 9.97 Å². The quantitative estimate of drug-likeness (QED) is 0.808. The molecule has 0 fully saturated rings. The molecule has 3 nitrogen and oxygen atoms in total. The molecular formula is C15H17F2N3S. The predicted octanol–water partition coefficient (Wildman–Crippen LogP) is 4.29. The molecule has 1 heterocycles. The van der Waals surface area contributed by atoms with Gasteiger partial charge >= 0.3 is 0 Å². The van der Waals surface area contributed by atoms with Crippen molar-refractivity contribution in [2.24, 2.45) is 0 Å². The van der Waals surface area contributed by atoms with Crippen LogP contribution in [-0.2, 0) is 6.42 Å². The van der Waals surface area contributed by atoms with Crippen LogP contribution in [0, 0.1) is 11.6 Å². The molecule has 1 N–H and O–H groups in total. The summed E-state index contributed by atoms with van der Waals surface area (Å²) in [6, 6.07) is 3.41. The van der Waals surface area contributed by atoms with Crippen LogP contribution in [0.5, 0.6) is 0 Å². The molecule has 0 atom stereocenters. The Hall–Kier alpha value is -1.69. The highest BCUT2D eigenvalue weighted by atomic mass is 32.2. The fraction of sp³-hybridized carbons (Fsp3) is 0.333. The van der Waals surface area contributed by atoms with Gasteiger partial charge in [-0.2, -0.15) is 0 Å². The third-order valence-electron chi connectivity index (χ3n) is 2.90. The largest absolute Gasteiger partial charge is 0.370 e. The van der Waals surface area contributed by atoms with Gasteiger partial charge < -0.3 is 5.32 Å². The van der Waals surface area contributed by atoms with E-state index in [1.165, 1.54) is 12.4 Å². The molecule has 0 saturated carbocycles. The minimum Gasteiger partial charge on any atom is -0.370 e. The number of nitrogens with zero attached hydrogens (tertiary/aromatic N) is 2. The summed E-state index contributed by atoms with van der Waals surface area (Å²) >= 11 is 1.12. The molecule has 0 unspecified atom stereocenters. The molecular weight excluding hydrogens is 292 g/mol. The standard InChI is InChI=1S/C15H17F2N3S/c1-3-7-18-14-11(4-2)15(20-9-19-14)21-13-8-10(16)5-6-12(13)17/h5-6,8-9H,3-4,7H2,1-2H3,(H,18,19,20). The maximum Gasteiger partial charge on any atom is 0.137 e. The summed E-state index contributed by atoms with van der Waals surface area (Å²) < 4.78 is 27.0. The van der Waals surface area contributed by atoms with E-state index in [0.717, 1.165) is 48.2 Å². The van der Waals surface area contributed by atoms with E-state index in [4.69, 9.17) is 0 Å². The van der Waals surface area contributed by atoms with Crippen LogP contribution in [0.1, 0.15) is 25.8 Å². The van der Waals surface area contributed by atoms with E-state index >= 15 is 0 Å². The first-order valence-electron chi connectivity index (χ1n) is 6.86. The van der Waals surface area contributed by atoms with Crippen molar-refractivity contribution in [3.05, 3.63) is 41.7 Å². The van der Waals surface area contributed by atoms with E-state index < -0.39 is 11.6 Å². The van der Waals surface area contributed by atoms with Crippen LogP contribution in [0.2, 0.25) is 0 Å². The summed E-state index contributed by atoms with van der Waals surface area (Å²) in [6.45, 7) is 4.86. The summed E-state index contributed by atoms with van der Waals surface area (Å²) in [6.07, 6.45) is 3.14. The molecule has 0 amide bonds. The van der Waals surface area contributed by atoms with Gasteiger partial charge in [0, 0.05) is 12.1 Å². The molecule has 112 valence electrons. The lowest BCUT2D eigenvalue weighted by Crippen LogP contribution is -2.07. The second kappa shape index (κ2) is 7.36. The third-order valence-corrected chi connectivity index (χ3v) is 3.98. The van der Waals surface area contributed by atoms with Gasteiger partial charge in [0.2, 0.25) is 0 Å². The van der Waals surface area contributed by atoms with Crippen LogP contribution in [0.4, 0.5) is 14.6 Å². The smallest absolute Gasteiger partial charge is 0.137 e. The van der Waals surface area contributed by atoms with Crippen LogP contribution >= 0.6 is 11.8 Å². The SMILES string of the molecule is CCCNc1ncnc(Sc2cc(F)ccc2F)c1CC. The van der Waals surface area contributed by atoms with Crippen molar-refractivity contribution < 1.29 is 8.78 Å². The Morgan fingerprint density at radius 3 is 2.71 bits per heavy atom. The first-order chi connectivity index (χ1) is 10.2. The van der Waals surface area contributed by atoms with Crippen LogP contribution in [0.15, 0.2) is 34.4 Å². The van der Waals surface area contributed by atoms with Crippen molar-refractivity contribution in [3.8, 4) is 0 Å². The Morgan fingerprint density at radius 2 is 2.00 bits per heavy atom. The number of rotatable bonds is 6. The van der Waals surface area contributed by atoms with Gasteiger partial charge in [0.1, 0.15) is 28.8 Å². The molecule has 0 aliphatic rings. The molecule has 1 aromatic heterocycles. The minimum atomic E-state index is -0.463. The third kappa shape index (κ3) is 3.91. The van der Waals surface area contributed by atoms with Gasteiger partial charge in [-0.05, 0) is 31.0 Å². The molecule has 1 aromatic carbocycles. The number of aromatic nitrogens is 2. The number of nitrogens with one attached hydrogen (secondary N) is 1. The maximum absolute atomic E-state index is 13.7.